The second-order valence-electron chi connectivity index (χ2n) is 6.58. The first-order valence-corrected chi connectivity index (χ1v) is 7.20. The first kappa shape index (κ1) is 11.9. The minimum atomic E-state index is 0.430. The second kappa shape index (κ2) is 3.81. The third-order valence-corrected chi connectivity index (χ3v) is 5.02. The van der Waals surface area contributed by atoms with E-state index >= 15 is 0 Å². The molecule has 2 aromatic heterocycles. The normalized spacial score (nSPS) is 26.1. The van der Waals surface area contributed by atoms with Crippen molar-refractivity contribution in [3.05, 3.63) is 41.9 Å². The van der Waals surface area contributed by atoms with Crippen LogP contribution in [-0.4, -0.2) is 24.1 Å². The molecule has 2 aliphatic carbocycles. The highest BCUT2D eigenvalue weighted by molar-refractivity contribution is 5.66. The summed E-state index contributed by atoms with van der Waals surface area (Å²) in [6, 6.07) is 4.45. The Bertz CT molecular complexity index is 692. The van der Waals surface area contributed by atoms with E-state index in [1.807, 2.05) is 26.5 Å². The fourth-order valence-corrected chi connectivity index (χ4v) is 3.49. The van der Waals surface area contributed by atoms with Gasteiger partial charge in [0, 0.05) is 32.1 Å². The van der Waals surface area contributed by atoms with Crippen molar-refractivity contribution >= 4 is 5.69 Å². The molecule has 1 saturated carbocycles. The van der Waals surface area contributed by atoms with Gasteiger partial charge in [0.25, 0.3) is 0 Å². The highest BCUT2D eigenvalue weighted by Gasteiger charge is 2.56. The zero-order valence-electron chi connectivity index (χ0n) is 12.2. The SMILES string of the molecule is CN(C)c1cncc(-c2cc3c(cn2)CC2CC32C)c1. The summed E-state index contributed by atoms with van der Waals surface area (Å²) < 4.78 is 0. The zero-order chi connectivity index (χ0) is 13.9. The van der Waals surface area contributed by atoms with Crippen LogP contribution >= 0.6 is 0 Å². The quantitative estimate of drug-likeness (QED) is 0.835. The summed E-state index contributed by atoms with van der Waals surface area (Å²) in [7, 11) is 4.07. The van der Waals surface area contributed by atoms with Gasteiger partial charge >= 0.3 is 0 Å². The third kappa shape index (κ3) is 1.59. The standard InChI is InChI=1S/C17H19N3/c1-17-7-13(17)4-11-9-19-16(6-15(11)17)12-5-14(20(2)3)10-18-8-12/h5-6,8-10,13H,4,7H2,1-3H3. The van der Waals surface area contributed by atoms with Crippen LogP contribution in [0.25, 0.3) is 11.3 Å². The molecule has 0 amide bonds. The number of anilines is 1. The first-order chi connectivity index (χ1) is 9.58. The van der Waals surface area contributed by atoms with Crippen LogP contribution in [-0.2, 0) is 11.8 Å². The number of hydrogen-bond acceptors (Lipinski definition) is 3. The molecule has 4 rings (SSSR count). The summed E-state index contributed by atoms with van der Waals surface area (Å²) in [5.74, 6) is 0.862. The van der Waals surface area contributed by atoms with Gasteiger partial charge in [-0.2, -0.15) is 0 Å². The number of fused-ring (bicyclic) bond motifs is 3. The molecule has 0 aromatic carbocycles. The van der Waals surface area contributed by atoms with Crippen LogP contribution in [0.4, 0.5) is 5.69 Å². The third-order valence-electron chi connectivity index (χ3n) is 5.02. The van der Waals surface area contributed by atoms with Gasteiger partial charge in [0.2, 0.25) is 0 Å². The molecule has 0 spiro atoms. The van der Waals surface area contributed by atoms with Crippen molar-refractivity contribution in [3.63, 3.8) is 0 Å². The molecular formula is C17H19N3. The molecule has 2 aromatic rings. The second-order valence-corrected chi connectivity index (χ2v) is 6.58. The molecule has 0 radical (unpaired) electrons. The Kier molecular flexibility index (Phi) is 2.27. The summed E-state index contributed by atoms with van der Waals surface area (Å²) in [6.07, 6.45) is 8.43. The number of nitrogens with zero attached hydrogens (tertiary/aromatic N) is 3. The van der Waals surface area contributed by atoms with Crippen molar-refractivity contribution in [3.8, 4) is 11.3 Å². The molecule has 2 aliphatic rings. The van der Waals surface area contributed by atoms with E-state index in [2.05, 4.69) is 40.1 Å². The van der Waals surface area contributed by atoms with Crippen LogP contribution in [0.3, 0.4) is 0 Å². The molecule has 0 N–H and O–H groups in total. The molecule has 0 saturated heterocycles. The van der Waals surface area contributed by atoms with Crippen LogP contribution in [0.15, 0.2) is 30.7 Å². The Hall–Kier alpha value is -1.90. The number of pyridine rings is 2. The Balaban J connectivity index is 1.78. The average molecular weight is 265 g/mol. The molecule has 2 heterocycles. The summed E-state index contributed by atoms with van der Waals surface area (Å²) >= 11 is 0. The molecule has 3 heteroatoms. The maximum absolute atomic E-state index is 4.65. The molecule has 2 unspecified atom stereocenters. The summed E-state index contributed by atoms with van der Waals surface area (Å²) in [5.41, 5.74) is 6.66. The van der Waals surface area contributed by atoms with Crippen molar-refractivity contribution in [2.45, 2.75) is 25.2 Å². The van der Waals surface area contributed by atoms with Crippen LogP contribution in [0.1, 0.15) is 24.5 Å². The van der Waals surface area contributed by atoms with Gasteiger partial charge in [-0.25, -0.2) is 0 Å². The minimum absolute atomic E-state index is 0.430. The van der Waals surface area contributed by atoms with E-state index in [0.29, 0.717) is 5.41 Å². The largest absolute Gasteiger partial charge is 0.376 e. The predicted octanol–water partition coefficient (Wildman–Crippen LogP) is 3.04. The lowest BCUT2D eigenvalue weighted by Gasteiger charge is -2.14. The molecule has 0 bridgehead atoms. The lowest BCUT2D eigenvalue weighted by atomic mass is 9.97. The number of aromatic nitrogens is 2. The number of hydrogen-bond donors (Lipinski definition) is 0. The molecule has 3 nitrogen and oxygen atoms in total. The predicted molar refractivity (Wildman–Crippen MR) is 81.0 cm³/mol. The minimum Gasteiger partial charge on any atom is -0.376 e. The maximum atomic E-state index is 4.65. The zero-order valence-corrected chi connectivity index (χ0v) is 12.2. The van der Waals surface area contributed by atoms with Crippen molar-refractivity contribution < 1.29 is 0 Å². The van der Waals surface area contributed by atoms with Gasteiger partial charge in [0.15, 0.2) is 0 Å². The van der Waals surface area contributed by atoms with Crippen LogP contribution in [0.2, 0.25) is 0 Å². The van der Waals surface area contributed by atoms with Gasteiger partial charge in [-0.1, -0.05) is 6.92 Å². The van der Waals surface area contributed by atoms with Crippen LogP contribution < -0.4 is 4.90 Å². The van der Waals surface area contributed by atoms with Gasteiger partial charge in [-0.15, -0.1) is 0 Å². The fourth-order valence-electron chi connectivity index (χ4n) is 3.49. The average Bonchev–Trinajstić information content (AvgIpc) is 3.02. The maximum Gasteiger partial charge on any atom is 0.0721 e. The van der Waals surface area contributed by atoms with E-state index in [1.54, 1.807) is 0 Å². The topological polar surface area (TPSA) is 29.0 Å². The van der Waals surface area contributed by atoms with Gasteiger partial charge in [-0.05, 0) is 47.4 Å². The Morgan fingerprint density at radius 3 is 2.85 bits per heavy atom. The molecular weight excluding hydrogens is 246 g/mol. The molecule has 0 aliphatic heterocycles. The molecule has 2 atom stereocenters. The van der Waals surface area contributed by atoms with Gasteiger partial charge in [0.05, 0.1) is 17.6 Å². The summed E-state index contributed by atoms with van der Waals surface area (Å²) in [4.78, 5) is 11.1. The Labute approximate surface area is 119 Å². The van der Waals surface area contributed by atoms with Crippen molar-refractivity contribution in [2.75, 3.05) is 19.0 Å². The van der Waals surface area contributed by atoms with E-state index in [-0.39, 0.29) is 0 Å². The monoisotopic (exact) mass is 265 g/mol. The van der Waals surface area contributed by atoms with Crippen molar-refractivity contribution in [1.29, 1.82) is 0 Å². The van der Waals surface area contributed by atoms with Gasteiger partial charge in [-0.3, -0.25) is 9.97 Å². The van der Waals surface area contributed by atoms with Crippen molar-refractivity contribution in [1.82, 2.24) is 9.97 Å². The lowest BCUT2D eigenvalue weighted by molar-refractivity contribution is 0.720. The Morgan fingerprint density at radius 2 is 2.05 bits per heavy atom. The van der Waals surface area contributed by atoms with Crippen LogP contribution in [0.5, 0.6) is 0 Å². The summed E-state index contributed by atoms with van der Waals surface area (Å²) in [6.45, 7) is 2.39. The fraction of sp³-hybridized carbons (Fsp3) is 0.412. The summed E-state index contributed by atoms with van der Waals surface area (Å²) in [5, 5.41) is 0. The van der Waals surface area contributed by atoms with E-state index in [1.165, 1.54) is 24.0 Å². The first-order valence-electron chi connectivity index (χ1n) is 7.20. The number of rotatable bonds is 2. The van der Waals surface area contributed by atoms with Crippen molar-refractivity contribution in [2.24, 2.45) is 5.92 Å². The van der Waals surface area contributed by atoms with Gasteiger partial charge in [0.1, 0.15) is 0 Å². The Morgan fingerprint density at radius 1 is 1.20 bits per heavy atom. The molecule has 1 fully saturated rings. The highest BCUT2D eigenvalue weighted by atomic mass is 15.1. The van der Waals surface area contributed by atoms with Crippen LogP contribution in [0, 0.1) is 5.92 Å². The smallest absolute Gasteiger partial charge is 0.0721 e. The van der Waals surface area contributed by atoms with E-state index in [4.69, 9.17) is 0 Å². The van der Waals surface area contributed by atoms with E-state index in [0.717, 1.165) is 22.9 Å². The van der Waals surface area contributed by atoms with Gasteiger partial charge < -0.3 is 4.90 Å². The highest BCUT2D eigenvalue weighted by Crippen LogP contribution is 2.61. The van der Waals surface area contributed by atoms with E-state index in [9.17, 15) is 0 Å². The molecule has 20 heavy (non-hydrogen) atoms. The van der Waals surface area contributed by atoms with E-state index < -0.39 is 0 Å². The molecule has 102 valence electrons. The lowest BCUT2D eigenvalue weighted by Crippen LogP contribution is -2.09.